The van der Waals surface area contributed by atoms with Crippen molar-refractivity contribution in [3.63, 3.8) is 0 Å². The quantitative estimate of drug-likeness (QED) is 0.707. The zero-order chi connectivity index (χ0) is 19.8. The van der Waals surface area contributed by atoms with Crippen LogP contribution in [0.2, 0.25) is 0 Å². The lowest BCUT2D eigenvalue weighted by molar-refractivity contribution is -0.122. The van der Waals surface area contributed by atoms with Gasteiger partial charge >= 0.3 is 0 Å². The van der Waals surface area contributed by atoms with Gasteiger partial charge in [-0.3, -0.25) is 9.69 Å². The number of amides is 1. The van der Waals surface area contributed by atoms with Crippen molar-refractivity contribution in [2.24, 2.45) is 7.05 Å². The molecule has 0 unspecified atom stereocenters. The maximum Gasteiger partial charge on any atom is 0.222 e. The van der Waals surface area contributed by atoms with Gasteiger partial charge in [-0.2, -0.15) is 0 Å². The first-order chi connectivity index (χ1) is 14.1. The number of piperidine rings is 1. The van der Waals surface area contributed by atoms with Crippen molar-refractivity contribution < 1.29 is 4.79 Å². The van der Waals surface area contributed by atoms with Crippen molar-refractivity contribution in [2.75, 3.05) is 18.4 Å². The highest BCUT2D eigenvalue weighted by Gasteiger charge is 2.38. The summed E-state index contributed by atoms with van der Waals surface area (Å²) in [6, 6.07) is 16.6. The Labute approximate surface area is 170 Å². The molecular weight excluding hydrogens is 362 g/mol. The molecule has 1 amide bonds. The van der Waals surface area contributed by atoms with E-state index in [4.69, 9.17) is 4.98 Å². The van der Waals surface area contributed by atoms with Crippen LogP contribution in [0.15, 0.2) is 48.5 Å². The predicted octanol–water partition coefficient (Wildman–Crippen LogP) is 3.04. The molecule has 0 saturated carbocycles. The molecule has 0 radical (unpaired) electrons. The lowest BCUT2D eigenvalue weighted by Crippen LogP contribution is -2.52. The minimum Gasteiger partial charge on any atom is -0.379 e. The van der Waals surface area contributed by atoms with E-state index in [0.29, 0.717) is 13.0 Å². The molecule has 2 aliphatic rings. The number of rotatable bonds is 2. The van der Waals surface area contributed by atoms with Crippen LogP contribution in [-0.4, -0.2) is 39.0 Å². The topological polar surface area (TPSA) is 62.2 Å². The summed E-state index contributed by atoms with van der Waals surface area (Å²) in [6.07, 6.45) is 2.42. The van der Waals surface area contributed by atoms with Gasteiger partial charge in [0.05, 0.1) is 17.6 Å². The zero-order valence-electron chi connectivity index (χ0n) is 16.8. The van der Waals surface area contributed by atoms with Gasteiger partial charge in [-0.25, -0.2) is 4.98 Å². The number of hydrogen-bond acceptors (Lipinski definition) is 4. The molecule has 6 nitrogen and oxygen atoms in total. The van der Waals surface area contributed by atoms with E-state index < -0.39 is 0 Å². The zero-order valence-corrected chi connectivity index (χ0v) is 16.8. The van der Waals surface area contributed by atoms with Gasteiger partial charge < -0.3 is 15.2 Å². The number of fused-ring (bicyclic) bond motifs is 2. The molecule has 2 N–H and O–H groups in total. The third kappa shape index (κ3) is 3.49. The molecule has 1 fully saturated rings. The first kappa shape index (κ1) is 18.2. The molecule has 2 aromatic carbocycles. The number of nitrogens with zero attached hydrogens (tertiary/aromatic N) is 3. The molecule has 1 saturated heterocycles. The number of likely N-dealkylation sites (tertiary alicyclic amines) is 1. The average molecular weight is 390 g/mol. The van der Waals surface area contributed by atoms with Gasteiger partial charge in [0.1, 0.15) is 5.82 Å². The molecule has 1 aromatic heterocycles. The van der Waals surface area contributed by atoms with Crippen molar-refractivity contribution in [1.82, 2.24) is 19.8 Å². The van der Waals surface area contributed by atoms with E-state index in [2.05, 4.69) is 63.5 Å². The van der Waals surface area contributed by atoms with E-state index in [0.717, 1.165) is 55.1 Å². The number of benzene rings is 2. The molecule has 1 spiro atoms. The Hall–Kier alpha value is -2.86. The number of hydrogen-bond donors (Lipinski definition) is 2. The number of carbonyl (C=O) groups excluding carboxylic acids is 1. The Balaban J connectivity index is 1.32. The van der Waals surface area contributed by atoms with Gasteiger partial charge in [-0.15, -0.1) is 0 Å². The van der Waals surface area contributed by atoms with E-state index in [-0.39, 0.29) is 11.4 Å². The van der Waals surface area contributed by atoms with Crippen LogP contribution in [0.5, 0.6) is 0 Å². The monoisotopic (exact) mass is 389 g/mol. The highest BCUT2D eigenvalue weighted by molar-refractivity contribution is 5.79. The second kappa shape index (κ2) is 7.19. The number of nitrogens with one attached hydrogen (secondary N) is 2. The summed E-state index contributed by atoms with van der Waals surface area (Å²) in [4.78, 5) is 19.7. The molecule has 6 heteroatoms. The molecule has 3 aromatic rings. The summed E-state index contributed by atoms with van der Waals surface area (Å²) in [5.74, 6) is 1.23. The second-order valence-corrected chi connectivity index (χ2v) is 8.37. The van der Waals surface area contributed by atoms with Crippen molar-refractivity contribution in [3.05, 3.63) is 59.9 Å². The Morgan fingerprint density at radius 3 is 2.66 bits per heavy atom. The van der Waals surface area contributed by atoms with Crippen LogP contribution in [0.4, 0.5) is 5.69 Å². The van der Waals surface area contributed by atoms with Crippen LogP contribution in [-0.2, 0) is 24.9 Å². The highest BCUT2D eigenvalue weighted by atomic mass is 16.1. The maximum atomic E-state index is 12.5. The Morgan fingerprint density at radius 2 is 1.83 bits per heavy atom. The van der Waals surface area contributed by atoms with Crippen LogP contribution >= 0.6 is 0 Å². The van der Waals surface area contributed by atoms with Crippen LogP contribution in [0, 0.1) is 0 Å². The van der Waals surface area contributed by atoms with E-state index in [1.54, 1.807) is 0 Å². The summed E-state index contributed by atoms with van der Waals surface area (Å²) in [5.41, 5.74) is 4.35. The van der Waals surface area contributed by atoms with Gasteiger partial charge in [-0.05, 0) is 36.6 Å². The fourth-order valence-electron chi connectivity index (χ4n) is 4.67. The Bertz CT molecular complexity index is 1050. The van der Waals surface area contributed by atoms with E-state index in [1.807, 2.05) is 12.1 Å². The van der Waals surface area contributed by atoms with Gasteiger partial charge in [0.25, 0.3) is 0 Å². The number of para-hydroxylation sites is 3. The van der Waals surface area contributed by atoms with Crippen LogP contribution < -0.4 is 10.6 Å². The molecule has 150 valence electrons. The van der Waals surface area contributed by atoms with E-state index in [1.165, 1.54) is 5.52 Å². The molecule has 0 aliphatic carbocycles. The lowest BCUT2D eigenvalue weighted by atomic mass is 9.82. The summed E-state index contributed by atoms with van der Waals surface area (Å²) >= 11 is 0. The highest BCUT2D eigenvalue weighted by Crippen LogP contribution is 2.33. The summed E-state index contributed by atoms with van der Waals surface area (Å²) in [6.45, 7) is 3.33. The predicted molar refractivity (Wildman–Crippen MR) is 114 cm³/mol. The van der Waals surface area contributed by atoms with Crippen LogP contribution in [0.25, 0.3) is 11.0 Å². The summed E-state index contributed by atoms with van der Waals surface area (Å²) in [5, 5.41) is 6.83. The largest absolute Gasteiger partial charge is 0.379 e. The number of anilines is 1. The fourth-order valence-corrected chi connectivity index (χ4v) is 4.67. The molecule has 0 atom stereocenters. The van der Waals surface area contributed by atoms with Gasteiger partial charge in [0.2, 0.25) is 5.91 Å². The number of aryl methyl sites for hydroxylation is 1. The first-order valence-electron chi connectivity index (χ1n) is 10.4. The number of imidazole rings is 1. The average Bonchev–Trinajstić information content (AvgIpc) is 3.04. The van der Waals surface area contributed by atoms with Gasteiger partial charge in [0, 0.05) is 44.3 Å². The van der Waals surface area contributed by atoms with Crippen LogP contribution in [0.3, 0.4) is 0 Å². The van der Waals surface area contributed by atoms with E-state index >= 15 is 0 Å². The maximum absolute atomic E-state index is 12.5. The molecule has 0 bridgehead atoms. The first-order valence-corrected chi connectivity index (χ1v) is 10.4. The SMILES string of the molecule is Cn1c(CN2CCC3(CC2)CC(=O)NCc2ccccc2N3)nc2ccccc21. The van der Waals surface area contributed by atoms with Crippen molar-refractivity contribution in [3.8, 4) is 0 Å². The normalized spacial score (nSPS) is 19.3. The Kier molecular flexibility index (Phi) is 4.51. The van der Waals surface area contributed by atoms with E-state index in [9.17, 15) is 4.79 Å². The number of carbonyl (C=O) groups is 1. The standard InChI is InChI=1S/C23H27N5O/c1-27-20-9-5-4-8-19(20)25-21(27)16-28-12-10-23(11-13-28)14-22(29)24-15-17-6-2-3-7-18(17)26-23/h2-9,26H,10-16H2,1H3,(H,24,29). The molecule has 3 heterocycles. The smallest absolute Gasteiger partial charge is 0.222 e. The summed E-state index contributed by atoms with van der Waals surface area (Å²) < 4.78 is 2.19. The van der Waals surface area contributed by atoms with Gasteiger partial charge in [0.15, 0.2) is 0 Å². The minimum atomic E-state index is -0.177. The second-order valence-electron chi connectivity index (χ2n) is 8.37. The molecular formula is C23H27N5O. The van der Waals surface area contributed by atoms with Crippen LogP contribution in [0.1, 0.15) is 30.7 Å². The Morgan fingerprint density at radius 1 is 1.07 bits per heavy atom. The van der Waals surface area contributed by atoms with Crippen molar-refractivity contribution >= 4 is 22.6 Å². The fraction of sp³-hybridized carbons (Fsp3) is 0.391. The van der Waals surface area contributed by atoms with Crippen molar-refractivity contribution in [2.45, 2.75) is 37.9 Å². The third-order valence-electron chi connectivity index (χ3n) is 6.45. The summed E-state index contributed by atoms with van der Waals surface area (Å²) in [7, 11) is 2.09. The number of aromatic nitrogens is 2. The third-order valence-corrected chi connectivity index (χ3v) is 6.45. The van der Waals surface area contributed by atoms with Crippen molar-refractivity contribution in [1.29, 1.82) is 0 Å². The minimum absolute atomic E-state index is 0.135. The molecule has 29 heavy (non-hydrogen) atoms. The molecule has 2 aliphatic heterocycles. The molecule has 5 rings (SSSR count). The lowest BCUT2D eigenvalue weighted by Gasteiger charge is -2.43. The van der Waals surface area contributed by atoms with Gasteiger partial charge in [-0.1, -0.05) is 30.3 Å².